The maximum absolute atomic E-state index is 13.6. The zero-order chi connectivity index (χ0) is 23.0. The normalized spacial score (nSPS) is 17.1. The number of benzene rings is 2. The molecule has 0 radical (unpaired) electrons. The van der Waals surface area contributed by atoms with Crippen LogP contribution < -0.4 is 4.74 Å². The van der Waals surface area contributed by atoms with Crippen LogP contribution in [0.1, 0.15) is 24.6 Å². The Kier molecular flexibility index (Phi) is 7.74. The number of aromatic nitrogens is 1. The zero-order valence-electron chi connectivity index (χ0n) is 19.6. The highest BCUT2D eigenvalue weighted by molar-refractivity contribution is 5.81. The van der Waals surface area contributed by atoms with Crippen LogP contribution in [0.4, 0.5) is 0 Å². The van der Waals surface area contributed by atoms with Gasteiger partial charge in [0.1, 0.15) is 5.75 Å². The number of pyridine rings is 1. The van der Waals surface area contributed by atoms with Crippen molar-refractivity contribution < 1.29 is 9.53 Å². The summed E-state index contributed by atoms with van der Waals surface area (Å²) in [5.74, 6) is 1.01. The van der Waals surface area contributed by atoms with Crippen molar-refractivity contribution in [2.75, 3.05) is 33.3 Å². The number of carbonyl (C=O) groups is 1. The monoisotopic (exact) mass is 443 g/mol. The van der Waals surface area contributed by atoms with Crippen LogP contribution in [0.2, 0.25) is 0 Å². The average Bonchev–Trinajstić information content (AvgIpc) is 2.99. The molecule has 1 atom stereocenters. The summed E-state index contributed by atoms with van der Waals surface area (Å²) in [5.41, 5.74) is 4.41. The Morgan fingerprint density at radius 1 is 0.970 bits per heavy atom. The van der Waals surface area contributed by atoms with Gasteiger partial charge in [0.25, 0.3) is 0 Å². The molecule has 33 heavy (non-hydrogen) atoms. The van der Waals surface area contributed by atoms with Crippen LogP contribution in [0, 0.1) is 5.92 Å². The van der Waals surface area contributed by atoms with Gasteiger partial charge in [0.2, 0.25) is 5.91 Å². The van der Waals surface area contributed by atoms with Crippen molar-refractivity contribution in [2.45, 2.75) is 26.3 Å². The lowest BCUT2D eigenvalue weighted by Gasteiger charge is -2.25. The molecule has 1 aliphatic rings. The molecule has 5 heteroatoms. The molecule has 2 heterocycles. The van der Waals surface area contributed by atoms with Crippen LogP contribution in [-0.4, -0.2) is 54.0 Å². The number of rotatable bonds is 8. The zero-order valence-corrected chi connectivity index (χ0v) is 19.6. The lowest BCUT2D eigenvalue weighted by Crippen LogP contribution is -2.37. The van der Waals surface area contributed by atoms with E-state index in [9.17, 15) is 4.79 Å². The molecule has 1 fully saturated rings. The van der Waals surface area contributed by atoms with E-state index in [0.29, 0.717) is 6.42 Å². The van der Waals surface area contributed by atoms with Gasteiger partial charge in [-0.3, -0.25) is 14.7 Å². The predicted octanol–water partition coefficient (Wildman–Crippen LogP) is 4.67. The Balaban J connectivity index is 1.62. The first-order valence-electron chi connectivity index (χ1n) is 11.8. The second-order valence-corrected chi connectivity index (χ2v) is 8.64. The van der Waals surface area contributed by atoms with E-state index in [-0.39, 0.29) is 11.8 Å². The highest BCUT2D eigenvalue weighted by atomic mass is 16.5. The Bertz CT molecular complexity index is 1050. The third-order valence-corrected chi connectivity index (χ3v) is 6.31. The van der Waals surface area contributed by atoms with Crippen molar-refractivity contribution in [3.8, 4) is 16.9 Å². The third-order valence-electron chi connectivity index (χ3n) is 6.31. The minimum atomic E-state index is -0.0985. The summed E-state index contributed by atoms with van der Waals surface area (Å²) >= 11 is 0. The molecule has 3 aromatic rings. The van der Waals surface area contributed by atoms with E-state index >= 15 is 0 Å². The van der Waals surface area contributed by atoms with Gasteiger partial charge in [0.15, 0.2) is 0 Å². The second-order valence-electron chi connectivity index (χ2n) is 8.64. The number of para-hydroxylation sites is 1. The summed E-state index contributed by atoms with van der Waals surface area (Å²) in [6, 6.07) is 22.5. The lowest BCUT2D eigenvalue weighted by molar-refractivity contribution is -0.134. The fourth-order valence-electron chi connectivity index (χ4n) is 4.71. The number of amides is 1. The van der Waals surface area contributed by atoms with Crippen LogP contribution in [0.15, 0.2) is 72.9 Å². The molecule has 0 bridgehead atoms. The van der Waals surface area contributed by atoms with Crippen molar-refractivity contribution in [2.24, 2.45) is 5.92 Å². The largest absolute Gasteiger partial charge is 0.496 e. The Morgan fingerprint density at radius 2 is 1.73 bits per heavy atom. The van der Waals surface area contributed by atoms with Crippen molar-refractivity contribution in [1.29, 1.82) is 0 Å². The molecule has 0 spiro atoms. The Hall–Kier alpha value is -3.18. The Labute approximate surface area is 197 Å². The topological polar surface area (TPSA) is 45.7 Å². The third kappa shape index (κ3) is 5.60. The molecule has 0 aliphatic carbocycles. The molecule has 2 aromatic carbocycles. The van der Waals surface area contributed by atoms with Gasteiger partial charge >= 0.3 is 0 Å². The van der Waals surface area contributed by atoms with Crippen molar-refractivity contribution in [3.63, 3.8) is 0 Å². The van der Waals surface area contributed by atoms with Gasteiger partial charge in [-0.25, -0.2) is 0 Å². The predicted molar refractivity (Wildman–Crippen MR) is 132 cm³/mol. The summed E-state index contributed by atoms with van der Waals surface area (Å²) < 4.78 is 5.63. The summed E-state index contributed by atoms with van der Waals surface area (Å²) in [6.45, 7) is 6.07. The van der Waals surface area contributed by atoms with Crippen LogP contribution in [-0.2, 0) is 17.8 Å². The quantitative estimate of drug-likeness (QED) is 0.508. The Morgan fingerprint density at radius 3 is 2.48 bits per heavy atom. The minimum absolute atomic E-state index is 0.0985. The van der Waals surface area contributed by atoms with Crippen molar-refractivity contribution in [1.82, 2.24) is 14.8 Å². The maximum atomic E-state index is 13.6. The van der Waals surface area contributed by atoms with E-state index in [0.717, 1.165) is 61.7 Å². The van der Waals surface area contributed by atoms with Crippen LogP contribution in [0.25, 0.3) is 11.1 Å². The molecular weight excluding hydrogens is 410 g/mol. The molecule has 0 unspecified atom stereocenters. The molecule has 4 rings (SSSR count). The highest BCUT2D eigenvalue weighted by Crippen LogP contribution is 2.33. The van der Waals surface area contributed by atoms with Gasteiger partial charge in [-0.1, -0.05) is 55.5 Å². The van der Waals surface area contributed by atoms with Gasteiger partial charge < -0.3 is 9.64 Å². The highest BCUT2D eigenvalue weighted by Gasteiger charge is 2.31. The summed E-state index contributed by atoms with van der Waals surface area (Å²) in [6.07, 6.45) is 3.51. The van der Waals surface area contributed by atoms with E-state index in [1.165, 1.54) is 5.56 Å². The van der Waals surface area contributed by atoms with Gasteiger partial charge in [-0.15, -0.1) is 0 Å². The summed E-state index contributed by atoms with van der Waals surface area (Å²) in [5, 5.41) is 0. The fourth-order valence-corrected chi connectivity index (χ4v) is 4.71. The average molecular weight is 444 g/mol. The molecule has 1 aliphatic heterocycles. The molecule has 0 N–H and O–H groups in total. The SMILES string of the molecule is CCCN1CCN(Cc2ccccn2)C[C@H](Cc2ccccc2-c2ccccc2OC)C1=O. The molecule has 172 valence electrons. The van der Waals surface area contributed by atoms with Gasteiger partial charge in [-0.05, 0) is 42.2 Å². The molecule has 1 saturated heterocycles. The van der Waals surface area contributed by atoms with E-state index < -0.39 is 0 Å². The second kappa shape index (κ2) is 11.1. The van der Waals surface area contributed by atoms with E-state index in [4.69, 9.17) is 4.74 Å². The maximum Gasteiger partial charge on any atom is 0.227 e. The lowest BCUT2D eigenvalue weighted by atomic mass is 9.91. The first-order chi connectivity index (χ1) is 16.2. The smallest absolute Gasteiger partial charge is 0.227 e. The number of nitrogens with zero attached hydrogens (tertiary/aromatic N) is 3. The number of hydrogen-bond acceptors (Lipinski definition) is 4. The standard InChI is InChI=1S/C28H33N3O2/c1-3-16-31-18-17-30(21-24-11-8-9-15-29-24)20-23(28(31)32)19-22-10-4-5-12-25(22)26-13-6-7-14-27(26)33-2/h4-15,23H,3,16-21H2,1-2H3/t23-/m0/s1. The fraction of sp³-hybridized carbons (Fsp3) is 0.357. The van der Waals surface area contributed by atoms with Crippen LogP contribution in [0.3, 0.4) is 0 Å². The number of ether oxygens (including phenoxy) is 1. The molecule has 5 nitrogen and oxygen atoms in total. The van der Waals surface area contributed by atoms with Crippen LogP contribution >= 0.6 is 0 Å². The molecule has 0 saturated carbocycles. The number of carbonyl (C=O) groups excluding carboxylic acids is 1. The minimum Gasteiger partial charge on any atom is -0.496 e. The van der Waals surface area contributed by atoms with E-state index in [1.54, 1.807) is 7.11 Å². The summed E-state index contributed by atoms with van der Waals surface area (Å²) in [4.78, 5) is 22.5. The summed E-state index contributed by atoms with van der Waals surface area (Å²) in [7, 11) is 1.70. The van der Waals surface area contributed by atoms with E-state index in [2.05, 4.69) is 58.1 Å². The first kappa shape index (κ1) is 23.0. The van der Waals surface area contributed by atoms with Crippen molar-refractivity contribution in [3.05, 3.63) is 84.2 Å². The van der Waals surface area contributed by atoms with Gasteiger partial charge in [0.05, 0.1) is 18.7 Å². The molecule has 1 aromatic heterocycles. The van der Waals surface area contributed by atoms with Crippen molar-refractivity contribution >= 4 is 5.91 Å². The molecule has 1 amide bonds. The van der Waals surface area contributed by atoms with Crippen LogP contribution in [0.5, 0.6) is 5.75 Å². The van der Waals surface area contributed by atoms with Gasteiger partial charge in [0, 0.05) is 44.5 Å². The van der Waals surface area contributed by atoms with Gasteiger partial charge in [-0.2, -0.15) is 0 Å². The van der Waals surface area contributed by atoms with E-state index in [1.807, 2.05) is 36.5 Å². The first-order valence-corrected chi connectivity index (χ1v) is 11.8. The number of methoxy groups -OCH3 is 1. The molecular formula is C28H33N3O2. The number of hydrogen-bond donors (Lipinski definition) is 0.